The van der Waals surface area contributed by atoms with Gasteiger partial charge in [0.25, 0.3) is 0 Å². The van der Waals surface area contributed by atoms with Gasteiger partial charge in [-0.15, -0.1) is 0 Å². The fourth-order valence-corrected chi connectivity index (χ4v) is 6.83. The monoisotopic (exact) mass is 590 g/mol. The summed E-state index contributed by atoms with van der Waals surface area (Å²) in [5.41, 5.74) is 12.2. The molecule has 0 N–H and O–H groups in total. The molecule has 7 aromatic rings. The highest BCUT2D eigenvalue weighted by Gasteiger charge is 2.20. The molecule has 0 bridgehead atoms. The molecule has 0 aliphatic heterocycles. The molecule has 2 heteroatoms. The normalized spacial score (nSPS) is 12.3. The molecule has 46 heavy (non-hydrogen) atoms. The molecule has 1 aliphatic carbocycles. The number of hydrogen-bond donors (Lipinski definition) is 0. The summed E-state index contributed by atoms with van der Waals surface area (Å²) in [6, 6.07) is 63.0. The Hall–Kier alpha value is -5.78. The molecule has 2 nitrogen and oxygen atoms in total. The first-order valence-electron chi connectivity index (χ1n) is 16.2. The molecule has 0 spiro atoms. The highest BCUT2D eigenvalue weighted by molar-refractivity contribution is 5.98. The lowest BCUT2D eigenvalue weighted by Crippen LogP contribution is -2.15. The van der Waals surface area contributed by atoms with Crippen molar-refractivity contribution in [2.45, 2.75) is 25.7 Å². The smallest absolute Gasteiger partial charge is 0.105 e. The Morgan fingerprint density at radius 3 is 1.72 bits per heavy atom. The van der Waals surface area contributed by atoms with Gasteiger partial charge in [0.05, 0.1) is 0 Å². The summed E-state index contributed by atoms with van der Waals surface area (Å²) in [7, 11) is 0. The standard InChI is InChI=1S/C44H34N2/c1-3-17-37(18-4-1)45(43-23-11-15-35-13-7-9-21-41(35)43)39-29-25-33(26-30-39)34-27-31-40(32-28-34)46(38-19-5-2-6-20-38)44-24-12-16-36-14-8-10-22-42(36)44/h1-7,9,12-13,15-21,24-32H,8,10,14,22H2. The fraction of sp³-hybridized carbons (Fsp3) is 0.0909. The van der Waals surface area contributed by atoms with E-state index in [1.165, 1.54) is 58.6 Å². The lowest BCUT2D eigenvalue weighted by atomic mass is 9.90. The number of fused-ring (bicyclic) bond motifs is 2. The third-order valence-electron chi connectivity index (χ3n) is 9.08. The van der Waals surface area contributed by atoms with E-state index in [0.29, 0.717) is 0 Å². The predicted molar refractivity (Wildman–Crippen MR) is 193 cm³/mol. The quantitative estimate of drug-likeness (QED) is 0.182. The van der Waals surface area contributed by atoms with Crippen LogP contribution in [-0.2, 0) is 12.8 Å². The Balaban J connectivity index is 1.15. The molecule has 0 unspecified atom stereocenters. The van der Waals surface area contributed by atoms with Crippen LogP contribution in [0.2, 0.25) is 0 Å². The molecule has 8 rings (SSSR count). The van der Waals surface area contributed by atoms with Crippen molar-refractivity contribution in [1.82, 2.24) is 0 Å². The molecule has 0 saturated carbocycles. The van der Waals surface area contributed by atoms with Gasteiger partial charge in [-0.05, 0) is 120 Å². The molecule has 7 aromatic carbocycles. The van der Waals surface area contributed by atoms with E-state index in [9.17, 15) is 0 Å². The Bertz CT molecular complexity index is 2080. The summed E-state index contributed by atoms with van der Waals surface area (Å²) in [4.78, 5) is 4.69. The van der Waals surface area contributed by atoms with Crippen LogP contribution in [0.4, 0.5) is 34.1 Å². The van der Waals surface area contributed by atoms with Crippen LogP contribution in [0, 0.1) is 12.1 Å². The lowest BCUT2D eigenvalue weighted by molar-refractivity contribution is 0.686. The average Bonchev–Trinajstić information content (AvgIpc) is 3.14. The van der Waals surface area contributed by atoms with Gasteiger partial charge in [0.15, 0.2) is 0 Å². The molecule has 1 aliphatic rings. The van der Waals surface area contributed by atoms with Crippen molar-refractivity contribution in [2.24, 2.45) is 0 Å². The van der Waals surface area contributed by atoms with E-state index in [0.717, 1.165) is 34.3 Å². The molecule has 0 saturated heterocycles. The summed E-state index contributed by atoms with van der Waals surface area (Å²) in [6.45, 7) is 0. The van der Waals surface area contributed by atoms with Crippen molar-refractivity contribution in [3.05, 3.63) is 181 Å². The number of hydrogen-bond acceptors (Lipinski definition) is 2. The minimum Gasteiger partial charge on any atom is -0.310 e. The molecule has 0 amide bonds. The first kappa shape index (κ1) is 27.7. The van der Waals surface area contributed by atoms with Crippen LogP contribution < -0.4 is 9.80 Å². The third-order valence-corrected chi connectivity index (χ3v) is 9.08. The third kappa shape index (κ3) is 5.27. The minimum atomic E-state index is 0.991. The second-order valence-corrected chi connectivity index (χ2v) is 11.9. The summed E-state index contributed by atoms with van der Waals surface area (Å²) in [6.07, 6.45) is 4.82. The summed E-state index contributed by atoms with van der Waals surface area (Å²) in [5.74, 6) is 0. The Morgan fingerprint density at radius 2 is 1.02 bits per heavy atom. The average molecular weight is 591 g/mol. The van der Waals surface area contributed by atoms with Gasteiger partial charge in [-0.1, -0.05) is 103 Å². The number of nitrogens with zero attached hydrogens (tertiary/aromatic N) is 2. The zero-order chi connectivity index (χ0) is 30.7. The van der Waals surface area contributed by atoms with Gasteiger partial charge in [-0.25, -0.2) is 0 Å². The highest BCUT2D eigenvalue weighted by Crippen LogP contribution is 2.41. The van der Waals surface area contributed by atoms with Crippen LogP contribution in [0.3, 0.4) is 0 Å². The number of aryl methyl sites for hydroxylation is 1. The topological polar surface area (TPSA) is 6.48 Å². The van der Waals surface area contributed by atoms with Gasteiger partial charge < -0.3 is 9.80 Å². The molecule has 0 radical (unpaired) electrons. The molecular weight excluding hydrogens is 556 g/mol. The fourth-order valence-electron chi connectivity index (χ4n) is 6.83. The van der Waals surface area contributed by atoms with Crippen molar-refractivity contribution in [1.29, 1.82) is 0 Å². The van der Waals surface area contributed by atoms with E-state index in [2.05, 4.69) is 174 Å². The van der Waals surface area contributed by atoms with Crippen molar-refractivity contribution in [3.8, 4) is 11.1 Å². The van der Waals surface area contributed by atoms with Crippen LogP contribution in [-0.4, -0.2) is 0 Å². The molecular formula is C44H34N2. The number of para-hydroxylation sites is 2. The van der Waals surface area contributed by atoms with Gasteiger partial charge in [0.1, 0.15) is 5.69 Å². The van der Waals surface area contributed by atoms with E-state index < -0.39 is 0 Å². The Morgan fingerprint density at radius 1 is 0.457 bits per heavy atom. The molecule has 0 aromatic heterocycles. The van der Waals surface area contributed by atoms with E-state index >= 15 is 0 Å². The first-order valence-corrected chi connectivity index (χ1v) is 16.2. The van der Waals surface area contributed by atoms with Crippen LogP contribution in [0.25, 0.3) is 21.9 Å². The van der Waals surface area contributed by atoms with Crippen molar-refractivity contribution in [2.75, 3.05) is 9.80 Å². The number of benzene rings is 6. The summed E-state index contributed by atoms with van der Waals surface area (Å²) < 4.78 is 0. The lowest BCUT2D eigenvalue weighted by Gasteiger charge is -2.30. The Labute approximate surface area is 271 Å². The van der Waals surface area contributed by atoms with Crippen molar-refractivity contribution >= 4 is 44.9 Å². The van der Waals surface area contributed by atoms with E-state index in [4.69, 9.17) is 0 Å². The number of anilines is 6. The van der Waals surface area contributed by atoms with Gasteiger partial charge in [-0.2, -0.15) is 0 Å². The maximum Gasteiger partial charge on any atom is 0.105 e. The van der Waals surface area contributed by atoms with Gasteiger partial charge in [0.2, 0.25) is 0 Å². The van der Waals surface area contributed by atoms with Gasteiger partial charge >= 0.3 is 0 Å². The van der Waals surface area contributed by atoms with Crippen molar-refractivity contribution in [3.63, 3.8) is 0 Å². The van der Waals surface area contributed by atoms with Crippen LogP contribution in [0.5, 0.6) is 0 Å². The van der Waals surface area contributed by atoms with E-state index in [-0.39, 0.29) is 0 Å². The second kappa shape index (κ2) is 12.3. The van der Waals surface area contributed by atoms with Crippen LogP contribution in [0.15, 0.2) is 158 Å². The van der Waals surface area contributed by atoms with Crippen molar-refractivity contribution < 1.29 is 0 Å². The predicted octanol–water partition coefficient (Wildman–Crippen LogP) is 11.9. The summed E-state index contributed by atoms with van der Waals surface area (Å²) >= 11 is 0. The second-order valence-electron chi connectivity index (χ2n) is 11.9. The van der Waals surface area contributed by atoms with Gasteiger partial charge in [-0.3, -0.25) is 0 Å². The molecule has 0 fully saturated rings. The SMILES string of the molecule is c1cc2ccccc2c(N(c2ccccc2)c2ccc(-c3ccc(N(c4ccccc4)c4cccc5c4CCCC5)cc3)cc2)c#1. The molecule has 0 heterocycles. The first-order chi connectivity index (χ1) is 22.8. The van der Waals surface area contributed by atoms with Crippen LogP contribution in [0.1, 0.15) is 24.0 Å². The Kier molecular flexibility index (Phi) is 7.43. The maximum atomic E-state index is 3.41. The zero-order valence-electron chi connectivity index (χ0n) is 25.7. The van der Waals surface area contributed by atoms with E-state index in [1.807, 2.05) is 6.07 Å². The van der Waals surface area contributed by atoms with Gasteiger partial charge in [0, 0.05) is 33.8 Å². The van der Waals surface area contributed by atoms with Crippen LogP contribution >= 0.6 is 0 Å². The number of rotatable bonds is 7. The zero-order valence-corrected chi connectivity index (χ0v) is 25.7. The largest absolute Gasteiger partial charge is 0.310 e. The molecule has 220 valence electrons. The highest BCUT2D eigenvalue weighted by atomic mass is 15.1. The summed E-state index contributed by atoms with van der Waals surface area (Å²) in [5, 5.41) is 2.29. The molecule has 0 atom stereocenters. The minimum absolute atomic E-state index is 0.991. The van der Waals surface area contributed by atoms with E-state index in [1.54, 1.807) is 0 Å². The maximum absolute atomic E-state index is 3.41.